The van der Waals surface area contributed by atoms with Gasteiger partial charge in [-0.15, -0.1) is 15.2 Å². The number of nitrogens with zero attached hydrogens (tertiary/aromatic N) is 3. The number of rotatable bonds is 4. The van der Waals surface area contributed by atoms with E-state index in [0.29, 0.717) is 15.8 Å². The molecule has 1 atom stereocenters. The number of aliphatic imine (C=N–C) groups is 1. The highest BCUT2D eigenvalue weighted by Crippen LogP contribution is 2.27. The van der Waals surface area contributed by atoms with Gasteiger partial charge in [-0.3, -0.25) is 0 Å². The largest absolute Gasteiger partial charge is 0.483 e. The normalized spacial score (nSPS) is 11.7. The van der Waals surface area contributed by atoms with Crippen LogP contribution in [0, 0.1) is 0 Å². The molecule has 0 saturated heterocycles. The summed E-state index contributed by atoms with van der Waals surface area (Å²) >= 11 is 6.96. The van der Waals surface area contributed by atoms with Gasteiger partial charge in [-0.1, -0.05) is 22.9 Å². The molecule has 0 fully saturated rings. The van der Waals surface area contributed by atoms with Gasteiger partial charge >= 0.3 is 0 Å². The van der Waals surface area contributed by atoms with Crippen molar-refractivity contribution in [1.82, 2.24) is 10.2 Å². The lowest BCUT2D eigenvalue weighted by atomic mass is 10.3. The maximum atomic E-state index is 10.1. The van der Waals surface area contributed by atoms with E-state index in [4.69, 9.17) is 16.3 Å². The summed E-state index contributed by atoms with van der Waals surface area (Å²) in [4.78, 5) is 13.5. The molecule has 92 valence electrons. The van der Waals surface area contributed by atoms with Crippen LogP contribution in [0.15, 0.2) is 29.3 Å². The van der Waals surface area contributed by atoms with Crippen LogP contribution in [0.5, 0.6) is 5.75 Å². The summed E-state index contributed by atoms with van der Waals surface area (Å²) < 4.78 is 5.66. The molecule has 0 spiro atoms. The molecule has 0 amide bonds. The first-order valence-electron chi connectivity index (χ1n) is 5.02. The Balaban J connectivity index is 2.08. The lowest BCUT2D eigenvalue weighted by molar-refractivity contribution is 0.225. The van der Waals surface area contributed by atoms with Gasteiger partial charge in [-0.2, -0.15) is 0 Å². The second-order valence-corrected chi connectivity index (χ2v) is 4.76. The average molecular weight is 282 g/mol. The number of benzene rings is 1. The smallest absolute Gasteiger partial charge is 0.242 e. The third-order valence-corrected chi connectivity index (χ3v) is 3.28. The fourth-order valence-corrected chi connectivity index (χ4v) is 2.02. The van der Waals surface area contributed by atoms with Crippen molar-refractivity contribution < 1.29 is 9.53 Å². The fraction of sp³-hybridized carbons (Fsp3) is 0.182. The molecule has 0 aliphatic heterocycles. The minimum Gasteiger partial charge on any atom is -0.483 e. The molecule has 2 aromatic rings. The highest BCUT2D eigenvalue weighted by molar-refractivity contribution is 7.15. The van der Waals surface area contributed by atoms with E-state index in [1.165, 1.54) is 17.4 Å². The van der Waals surface area contributed by atoms with Crippen molar-refractivity contribution in [3.8, 4) is 5.75 Å². The SMILES string of the molecule is CC(Oc1ccc(Cl)cc1)c1nnc(N=C=O)s1. The Morgan fingerprint density at radius 1 is 1.39 bits per heavy atom. The van der Waals surface area contributed by atoms with E-state index < -0.39 is 0 Å². The molecule has 1 aromatic carbocycles. The molecule has 0 radical (unpaired) electrons. The van der Waals surface area contributed by atoms with Crippen LogP contribution < -0.4 is 4.74 Å². The first-order valence-corrected chi connectivity index (χ1v) is 6.22. The van der Waals surface area contributed by atoms with Crippen molar-refractivity contribution in [3.05, 3.63) is 34.3 Å². The van der Waals surface area contributed by atoms with E-state index in [9.17, 15) is 4.79 Å². The van der Waals surface area contributed by atoms with Gasteiger partial charge in [0.1, 0.15) is 11.9 Å². The van der Waals surface area contributed by atoms with Gasteiger partial charge in [-0.25, -0.2) is 4.79 Å². The highest BCUT2D eigenvalue weighted by atomic mass is 35.5. The van der Waals surface area contributed by atoms with Crippen LogP contribution in [0.3, 0.4) is 0 Å². The first-order chi connectivity index (χ1) is 8.69. The van der Waals surface area contributed by atoms with Gasteiger partial charge in [0.25, 0.3) is 0 Å². The van der Waals surface area contributed by atoms with Crippen molar-refractivity contribution in [3.63, 3.8) is 0 Å². The van der Waals surface area contributed by atoms with Crippen molar-refractivity contribution in [2.24, 2.45) is 4.99 Å². The minimum atomic E-state index is -0.278. The predicted octanol–water partition coefficient (Wildman–Crippen LogP) is 3.30. The molecular weight excluding hydrogens is 274 g/mol. The van der Waals surface area contributed by atoms with Crippen LogP contribution in [0.25, 0.3) is 0 Å². The summed E-state index contributed by atoms with van der Waals surface area (Å²) in [6.45, 7) is 1.84. The molecule has 1 unspecified atom stereocenters. The molecule has 0 saturated carbocycles. The Morgan fingerprint density at radius 2 is 2.11 bits per heavy atom. The number of halogens is 1. The van der Waals surface area contributed by atoms with E-state index in [2.05, 4.69) is 15.2 Å². The van der Waals surface area contributed by atoms with Crippen LogP contribution in [-0.2, 0) is 4.79 Å². The molecule has 0 aliphatic carbocycles. The van der Waals surface area contributed by atoms with Gasteiger partial charge in [0.05, 0.1) is 0 Å². The Morgan fingerprint density at radius 3 is 2.78 bits per heavy atom. The monoisotopic (exact) mass is 281 g/mol. The maximum absolute atomic E-state index is 10.1. The number of hydrogen-bond donors (Lipinski definition) is 0. The summed E-state index contributed by atoms with van der Waals surface area (Å²) in [5, 5.41) is 9.17. The molecule has 0 aliphatic rings. The van der Waals surface area contributed by atoms with Gasteiger partial charge in [-0.05, 0) is 31.2 Å². The minimum absolute atomic E-state index is 0.270. The van der Waals surface area contributed by atoms with Gasteiger partial charge in [0.2, 0.25) is 11.2 Å². The van der Waals surface area contributed by atoms with Crippen LogP contribution in [0.4, 0.5) is 5.13 Å². The third-order valence-electron chi connectivity index (χ3n) is 2.05. The maximum Gasteiger partial charge on any atom is 0.242 e. The standard InChI is InChI=1S/C11H8ClN3O2S/c1-7(10-14-15-11(18-10)13-6-16)17-9-4-2-8(12)3-5-9/h2-5,7H,1H3. The summed E-state index contributed by atoms with van der Waals surface area (Å²) in [6.07, 6.45) is 1.14. The molecule has 2 rings (SSSR count). The third kappa shape index (κ3) is 3.13. The molecule has 18 heavy (non-hydrogen) atoms. The zero-order valence-electron chi connectivity index (χ0n) is 9.33. The molecular formula is C11H8ClN3O2S. The van der Waals surface area contributed by atoms with Crippen LogP contribution >= 0.6 is 22.9 Å². The number of aromatic nitrogens is 2. The van der Waals surface area contributed by atoms with Crippen LogP contribution in [-0.4, -0.2) is 16.3 Å². The molecule has 7 heteroatoms. The average Bonchev–Trinajstić information content (AvgIpc) is 2.81. The first kappa shape index (κ1) is 12.7. The Kier molecular flexibility index (Phi) is 4.04. The molecule has 0 N–H and O–H groups in total. The van der Waals surface area contributed by atoms with Crippen molar-refractivity contribution in [1.29, 1.82) is 0 Å². The predicted molar refractivity (Wildman–Crippen MR) is 68.2 cm³/mol. The van der Waals surface area contributed by atoms with E-state index in [-0.39, 0.29) is 11.2 Å². The Bertz CT molecular complexity index is 578. The lowest BCUT2D eigenvalue weighted by Crippen LogP contribution is -2.02. The van der Waals surface area contributed by atoms with Crippen LogP contribution in [0.1, 0.15) is 18.0 Å². The number of hydrogen-bond acceptors (Lipinski definition) is 6. The zero-order chi connectivity index (χ0) is 13.0. The second-order valence-electron chi connectivity index (χ2n) is 3.34. The second kappa shape index (κ2) is 5.73. The summed E-state index contributed by atoms with van der Waals surface area (Å²) in [5.74, 6) is 0.683. The van der Waals surface area contributed by atoms with E-state index in [0.717, 1.165) is 0 Å². The number of isocyanates is 1. The summed E-state index contributed by atoms with van der Waals surface area (Å²) in [7, 11) is 0. The number of carbonyl (C=O) groups excluding carboxylic acids is 1. The van der Waals surface area contributed by atoms with Gasteiger partial charge in [0, 0.05) is 5.02 Å². The Hall–Kier alpha value is -1.75. The van der Waals surface area contributed by atoms with E-state index >= 15 is 0 Å². The summed E-state index contributed by atoms with van der Waals surface area (Å²) in [5.41, 5.74) is 0. The van der Waals surface area contributed by atoms with Crippen molar-refractivity contribution in [2.75, 3.05) is 0 Å². The Labute approximate surface area is 112 Å². The fourth-order valence-electron chi connectivity index (χ4n) is 1.24. The summed E-state index contributed by atoms with van der Waals surface area (Å²) in [6, 6.07) is 7.02. The van der Waals surface area contributed by atoms with E-state index in [1.54, 1.807) is 24.3 Å². The van der Waals surface area contributed by atoms with Crippen LogP contribution in [0.2, 0.25) is 5.02 Å². The van der Waals surface area contributed by atoms with Gasteiger partial charge < -0.3 is 4.74 Å². The number of ether oxygens (including phenoxy) is 1. The van der Waals surface area contributed by atoms with E-state index in [1.807, 2.05) is 6.92 Å². The molecule has 0 bridgehead atoms. The quantitative estimate of drug-likeness (QED) is 0.637. The van der Waals surface area contributed by atoms with Gasteiger partial charge in [0.15, 0.2) is 5.01 Å². The van der Waals surface area contributed by atoms with Crippen molar-refractivity contribution >= 4 is 34.1 Å². The van der Waals surface area contributed by atoms with Crippen molar-refractivity contribution in [2.45, 2.75) is 13.0 Å². The molecule has 1 heterocycles. The zero-order valence-corrected chi connectivity index (χ0v) is 10.9. The topological polar surface area (TPSA) is 64.4 Å². The molecule has 1 aromatic heterocycles. The molecule has 5 nitrogen and oxygen atoms in total. The lowest BCUT2D eigenvalue weighted by Gasteiger charge is -2.11. The highest BCUT2D eigenvalue weighted by Gasteiger charge is 2.13.